The molecule has 0 aliphatic heterocycles. The highest BCUT2D eigenvalue weighted by molar-refractivity contribution is 4.84. The van der Waals surface area contributed by atoms with E-state index in [1.165, 1.54) is 0 Å². The Morgan fingerprint density at radius 3 is 0.960 bits per heavy atom. The van der Waals surface area contributed by atoms with Crippen molar-refractivity contribution < 1.29 is 66.9 Å². The molecule has 0 radical (unpaired) electrons. The summed E-state index contributed by atoms with van der Waals surface area (Å²) in [6.07, 6.45) is 9.58. The van der Waals surface area contributed by atoms with Crippen LogP contribution >= 0.6 is 0 Å². The highest BCUT2D eigenvalue weighted by atomic mass is 35.7. The van der Waals surface area contributed by atoms with Crippen LogP contribution in [0.2, 0.25) is 0 Å². The number of aromatic nitrogens is 2. The van der Waals surface area contributed by atoms with Crippen LogP contribution in [0.15, 0.2) is 61.2 Å². The lowest BCUT2D eigenvalue weighted by Crippen LogP contribution is -2.68. The van der Waals surface area contributed by atoms with Crippen LogP contribution in [0.1, 0.15) is 6.42 Å². The second-order valence-corrected chi connectivity index (χ2v) is 5.85. The van der Waals surface area contributed by atoms with E-state index in [4.69, 9.17) is 37.3 Å². The lowest BCUT2D eigenvalue weighted by Gasteiger charge is -2.17. The standard InChI is InChI=1S/C13H16N2.2ClHO4/c1-3-8-14(9-4-1)12-7-13-15-10-5-2-6-11-15;2*2-1(3,4)5/h1-6,8-11H,7,12-13H2;2*(H,2,3,4,5)/q+2;;/p-2. The van der Waals surface area contributed by atoms with Crippen LogP contribution in [0, 0.1) is 20.5 Å². The van der Waals surface area contributed by atoms with E-state index in [-0.39, 0.29) is 0 Å². The summed E-state index contributed by atoms with van der Waals surface area (Å²) in [5.41, 5.74) is 0. The Bertz CT molecular complexity index is 500. The topological polar surface area (TPSA) is 192 Å². The molecule has 0 saturated heterocycles. The van der Waals surface area contributed by atoms with Gasteiger partial charge in [0.05, 0.1) is 6.42 Å². The summed E-state index contributed by atoms with van der Waals surface area (Å²) >= 11 is 0. The van der Waals surface area contributed by atoms with Gasteiger partial charge in [0, 0.05) is 24.3 Å². The lowest BCUT2D eigenvalue weighted by molar-refractivity contribution is -2.00. The number of hydrogen-bond donors (Lipinski definition) is 0. The monoisotopic (exact) mass is 398 g/mol. The van der Waals surface area contributed by atoms with Crippen LogP contribution in [-0.2, 0) is 13.1 Å². The fourth-order valence-electron chi connectivity index (χ4n) is 1.60. The van der Waals surface area contributed by atoms with Gasteiger partial charge in [0.1, 0.15) is 0 Å². The molecule has 140 valence electrons. The van der Waals surface area contributed by atoms with Gasteiger partial charge in [-0.05, 0) is 0 Å². The molecule has 2 aromatic heterocycles. The third-order valence-corrected chi connectivity index (χ3v) is 2.39. The molecular formula is C13H16Cl2N2O8. The summed E-state index contributed by atoms with van der Waals surface area (Å²) in [7, 11) is -9.89. The molecule has 0 bridgehead atoms. The molecule has 0 amide bonds. The van der Waals surface area contributed by atoms with Gasteiger partial charge in [-0.25, -0.2) is 46.4 Å². The van der Waals surface area contributed by atoms with Gasteiger partial charge in [0.25, 0.3) is 0 Å². The van der Waals surface area contributed by atoms with E-state index >= 15 is 0 Å². The first kappa shape index (κ1) is 23.6. The number of pyridine rings is 2. The number of rotatable bonds is 4. The Hall–Kier alpha value is -1.44. The Morgan fingerprint density at radius 1 is 0.480 bits per heavy atom. The van der Waals surface area contributed by atoms with Crippen molar-refractivity contribution in [2.45, 2.75) is 19.5 Å². The first-order valence-electron chi connectivity index (χ1n) is 6.57. The maximum Gasteiger partial charge on any atom is 0.168 e. The van der Waals surface area contributed by atoms with E-state index in [9.17, 15) is 0 Å². The average molecular weight is 399 g/mol. The second-order valence-electron chi connectivity index (χ2n) is 4.34. The van der Waals surface area contributed by atoms with Gasteiger partial charge in [-0.1, -0.05) is 12.1 Å². The van der Waals surface area contributed by atoms with Crippen molar-refractivity contribution in [1.29, 1.82) is 0 Å². The van der Waals surface area contributed by atoms with Crippen LogP contribution in [0.3, 0.4) is 0 Å². The van der Waals surface area contributed by atoms with Gasteiger partial charge in [-0.2, -0.15) is 0 Å². The van der Waals surface area contributed by atoms with E-state index in [0.717, 1.165) is 19.5 Å². The Morgan fingerprint density at radius 2 is 0.720 bits per heavy atom. The fraction of sp³-hybridized carbons (Fsp3) is 0.231. The molecule has 2 heterocycles. The van der Waals surface area contributed by atoms with Gasteiger partial charge in [-0.3, -0.25) is 0 Å². The number of halogens is 2. The highest BCUT2D eigenvalue weighted by Gasteiger charge is 2.01. The summed E-state index contributed by atoms with van der Waals surface area (Å²) in [4.78, 5) is 0. The van der Waals surface area contributed by atoms with Crippen molar-refractivity contribution in [3.05, 3.63) is 61.2 Å². The third-order valence-electron chi connectivity index (χ3n) is 2.39. The van der Waals surface area contributed by atoms with Crippen LogP contribution in [-0.4, -0.2) is 0 Å². The first-order valence-corrected chi connectivity index (χ1v) is 9.04. The number of nitrogens with zero attached hydrogens (tertiary/aromatic N) is 2. The first-order chi connectivity index (χ1) is 11.4. The van der Waals surface area contributed by atoms with Crippen molar-refractivity contribution in [3.8, 4) is 0 Å². The molecule has 10 nitrogen and oxygen atoms in total. The summed E-state index contributed by atoms with van der Waals surface area (Å²) in [6, 6.07) is 12.3. The minimum atomic E-state index is -4.94. The van der Waals surface area contributed by atoms with Crippen molar-refractivity contribution in [3.63, 3.8) is 0 Å². The summed E-state index contributed by atoms with van der Waals surface area (Å²) in [5, 5.41) is 0. The van der Waals surface area contributed by atoms with Crippen LogP contribution in [0.25, 0.3) is 0 Å². The zero-order chi connectivity index (χ0) is 19.3. The van der Waals surface area contributed by atoms with Crippen LogP contribution in [0.4, 0.5) is 0 Å². The Labute approximate surface area is 148 Å². The molecule has 0 aliphatic rings. The van der Waals surface area contributed by atoms with Gasteiger partial charge in [0.2, 0.25) is 0 Å². The molecule has 12 heteroatoms. The summed E-state index contributed by atoms with van der Waals surface area (Å²) in [5.74, 6) is 0. The molecule has 0 fully saturated rings. The number of aryl methyl sites for hydroxylation is 2. The largest absolute Gasteiger partial charge is 0.222 e. The molecule has 2 aromatic rings. The molecule has 2 rings (SSSR count). The van der Waals surface area contributed by atoms with Gasteiger partial charge >= 0.3 is 0 Å². The predicted molar refractivity (Wildman–Crippen MR) is 57.9 cm³/mol. The molecular weight excluding hydrogens is 383 g/mol. The zero-order valence-corrected chi connectivity index (χ0v) is 14.3. The smallest absolute Gasteiger partial charge is 0.168 e. The quantitative estimate of drug-likeness (QED) is 0.452. The van der Waals surface area contributed by atoms with E-state index in [1.54, 1.807) is 0 Å². The average Bonchev–Trinajstić information content (AvgIpc) is 2.46. The second kappa shape index (κ2) is 12.0. The van der Waals surface area contributed by atoms with E-state index in [1.807, 2.05) is 12.1 Å². The maximum atomic E-state index is 8.49. The zero-order valence-electron chi connectivity index (χ0n) is 12.8. The Balaban J connectivity index is 0.000000480. The SMILES string of the molecule is [O-][Cl+3]([O-])([O-])[O-].[O-][Cl+3]([O-])([O-])[O-].c1cc[n+](CCC[n+]2ccccc2)cc1. The van der Waals surface area contributed by atoms with E-state index < -0.39 is 20.5 Å². The summed E-state index contributed by atoms with van der Waals surface area (Å²) < 4.78 is 72.4. The fourth-order valence-corrected chi connectivity index (χ4v) is 1.60. The van der Waals surface area contributed by atoms with E-state index in [2.05, 4.69) is 58.2 Å². The van der Waals surface area contributed by atoms with Gasteiger partial charge < -0.3 is 0 Å². The van der Waals surface area contributed by atoms with Crippen LogP contribution in [0.5, 0.6) is 0 Å². The Kier molecular flexibility index (Phi) is 11.3. The van der Waals surface area contributed by atoms with E-state index in [0.29, 0.717) is 0 Å². The number of hydrogen-bond acceptors (Lipinski definition) is 8. The third kappa shape index (κ3) is 22.6. The molecule has 0 spiro atoms. The minimum Gasteiger partial charge on any atom is -0.222 e. The highest BCUT2D eigenvalue weighted by Crippen LogP contribution is 1.84. The van der Waals surface area contributed by atoms with Crippen LogP contribution < -0.4 is 46.4 Å². The van der Waals surface area contributed by atoms with Crippen molar-refractivity contribution >= 4 is 0 Å². The van der Waals surface area contributed by atoms with Crippen molar-refractivity contribution in [1.82, 2.24) is 0 Å². The van der Waals surface area contributed by atoms with Gasteiger partial charge in [0.15, 0.2) is 37.9 Å². The molecule has 0 unspecified atom stereocenters. The molecule has 0 aliphatic carbocycles. The lowest BCUT2D eigenvalue weighted by atomic mass is 10.3. The molecule has 0 aromatic carbocycles. The predicted octanol–water partition coefficient (Wildman–Crippen LogP) is -8.16. The minimum absolute atomic E-state index is 1.07. The van der Waals surface area contributed by atoms with Gasteiger partial charge in [-0.15, -0.1) is 20.5 Å². The normalized spacial score (nSPS) is 10.9. The molecule has 25 heavy (non-hydrogen) atoms. The molecule has 0 saturated carbocycles. The summed E-state index contributed by atoms with van der Waals surface area (Å²) in [6.45, 7) is 2.14. The van der Waals surface area contributed by atoms with Crippen molar-refractivity contribution in [2.24, 2.45) is 0 Å². The van der Waals surface area contributed by atoms with Crippen molar-refractivity contribution in [2.75, 3.05) is 0 Å². The maximum absolute atomic E-state index is 8.49. The molecule has 0 atom stereocenters. The molecule has 0 N–H and O–H groups in total.